The monoisotopic (exact) mass is 241 g/mol. The third kappa shape index (κ3) is 1.83. The molecule has 0 saturated heterocycles. The van der Waals surface area contributed by atoms with Crippen molar-refractivity contribution in [3.05, 3.63) is 59.7 Å². The van der Waals surface area contributed by atoms with Gasteiger partial charge >= 0.3 is 0 Å². The van der Waals surface area contributed by atoms with Crippen LogP contribution in [0.1, 0.15) is 18.1 Å². The van der Waals surface area contributed by atoms with Gasteiger partial charge in [-0.25, -0.2) is 0 Å². The number of hydrogen-bond acceptors (Lipinski definition) is 2. The zero-order valence-electron chi connectivity index (χ0n) is 10.0. The fourth-order valence-electron chi connectivity index (χ4n) is 2.16. The standard InChI is InChI=1S/C15H15NS/c1-11-7-9-12(10-8-11)15(2)16-13-5-3-4-6-14(13)17-15/h3-10,16H,1-2H3. The van der Waals surface area contributed by atoms with Crippen LogP contribution < -0.4 is 5.32 Å². The summed E-state index contributed by atoms with van der Waals surface area (Å²) in [6.07, 6.45) is 0. The number of benzene rings is 2. The predicted molar refractivity (Wildman–Crippen MR) is 74.5 cm³/mol. The average molecular weight is 241 g/mol. The van der Waals surface area contributed by atoms with Crippen LogP contribution >= 0.6 is 11.8 Å². The van der Waals surface area contributed by atoms with Gasteiger partial charge in [0, 0.05) is 10.6 Å². The molecule has 0 saturated carbocycles. The quantitative estimate of drug-likeness (QED) is 0.795. The molecule has 1 atom stereocenters. The molecule has 17 heavy (non-hydrogen) atoms. The van der Waals surface area contributed by atoms with Gasteiger partial charge in [0.25, 0.3) is 0 Å². The molecule has 1 aliphatic heterocycles. The van der Waals surface area contributed by atoms with Crippen molar-refractivity contribution >= 4 is 17.4 Å². The molecule has 0 spiro atoms. The summed E-state index contributed by atoms with van der Waals surface area (Å²) in [6, 6.07) is 17.2. The first-order chi connectivity index (χ1) is 8.17. The molecule has 1 nitrogen and oxygen atoms in total. The number of anilines is 1. The van der Waals surface area contributed by atoms with Crippen molar-refractivity contribution in [2.75, 3.05) is 5.32 Å². The summed E-state index contributed by atoms with van der Waals surface area (Å²) in [6.45, 7) is 4.36. The highest BCUT2D eigenvalue weighted by Gasteiger charge is 2.34. The third-order valence-electron chi connectivity index (χ3n) is 3.18. The maximum atomic E-state index is 3.61. The number of para-hydroxylation sites is 1. The van der Waals surface area contributed by atoms with Crippen LogP contribution in [0.5, 0.6) is 0 Å². The van der Waals surface area contributed by atoms with Crippen molar-refractivity contribution in [1.82, 2.24) is 0 Å². The summed E-state index contributed by atoms with van der Waals surface area (Å²) in [7, 11) is 0. The number of aryl methyl sites for hydroxylation is 1. The van der Waals surface area contributed by atoms with E-state index in [-0.39, 0.29) is 4.87 Å². The zero-order valence-corrected chi connectivity index (χ0v) is 10.8. The summed E-state index contributed by atoms with van der Waals surface area (Å²) in [5.41, 5.74) is 3.86. The van der Waals surface area contributed by atoms with Crippen molar-refractivity contribution < 1.29 is 0 Å². The molecule has 2 heteroatoms. The second kappa shape index (κ2) is 3.81. The summed E-state index contributed by atoms with van der Waals surface area (Å²) in [5.74, 6) is 0. The van der Waals surface area contributed by atoms with Crippen molar-refractivity contribution in [2.24, 2.45) is 0 Å². The molecule has 1 aliphatic rings. The van der Waals surface area contributed by atoms with Gasteiger partial charge in [0.05, 0.1) is 0 Å². The maximum absolute atomic E-state index is 3.61. The van der Waals surface area contributed by atoms with Gasteiger partial charge in [0.1, 0.15) is 4.87 Å². The van der Waals surface area contributed by atoms with Gasteiger partial charge < -0.3 is 5.32 Å². The van der Waals surface area contributed by atoms with E-state index < -0.39 is 0 Å². The molecule has 3 rings (SSSR count). The summed E-state index contributed by atoms with van der Waals surface area (Å²) >= 11 is 1.89. The van der Waals surface area contributed by atoms with E-state index in [9.17, 15) is 0 Å². The highest BCUT2D eigenvalue weighted by atomic mass is 32.2. The summed E-state index contributed by atoms with van der Waals surface area (Å²) in [4.78, 5) is 1.28. The highest BCUT2D eigenvalue weighted by Crippen LogP contribution is 2.50. The molecule has 86 valence electrons. The van der Waals surface area contributed by atoms with Crippen LogP contribution in [0.2, 0.25) is 0 Å². The normalized spacial score (nSPS) is 22.0. The van der Waals surface area contributed by atoms with Crippen molar-refractivity contribution in [3.63, 3.8) is 0 Å². The molecule has 2 aromatic rings. The van der Waals surface area contributed by atoms with E-state index in [1.54, 1.807) is 0 Å². The molecular formula is C15H15NS. The lowest BCUT2D eigenvalue weighted by Gasteiger charge is -2.24. The SMILES string of the molecule is Cc1ccc(C2(C)Nc3ccccc3S2)cc1. The summed E-state index contributed by atoms with van der Waals surface area (Å²) < 4.78 is 0. The lowest BCUT2D eigenvalue weighted by Crippen LogP contribution is -2.23. The molecule has 1 unspecified atom stereocenters. The van der Waals surface area contributed by atoms with Crippen molar-refractivity contribution in [3.8, 4) is 0 Å². The Morgan fingerprint density at radius 2 is 1.71 bits per heavy atom. The molecule has 0 aliphatic carbocycles. The molecule has 2 aromatic carbocycles. The molecule has 0 bridgehead atoms. The van der Waals surface area contributed by atoms with Crippen LogP contribution in [0, 0.1) is 6.92 Å². The van der Waals surface area contributed by atoms with Gasteiger partial charge in [-0.1, -0.05) is 53.7 Å². The second-order valence-corrected chi connectivity index (χ2v) is 6.08. The highest BCUT2D eigenvalue weighted by molar-refractivity contribution is 8.00. The summed E-state index contributed by atoms with van der Waals surface area (Å²) in [5, 5.41) is 3.61. The van der Waals surface area contributed by atoms with Crippen LogP contribution in [0.4, 0.5) is 5.69 Å². The van der Waals surface area contributed by atoms with E-state index in [2.05, 4.69) is 67.7 Å². The Kier molecular flexibility index (Phi) is 2.40. The number of rotatable bonds is 1. The Bertz CT molecular complexity index is 520. The number of hydrogen-bond donors (Lipinski definition) is 1. The Hall–Kier alpha value is -1.41. The molecular weight excluding hydrogens is 226 g/mol. The fraction of sp³-hybridized carbons (Fsp3) is 0.200. The molecule has 0 fully saturated rings. The lowest BCUT2D eigenvalue weighted by atomic mass is 10.1. The zero-order chi connectivity index (χ0) is 11.9. The third-order valence-corrected chi connectivity index (χ3v) is 4.50. The molecule has 0 amide bonds. The van der Waals surface area contributed by atoms with Crippen molar-refractivity contribution in [1.29, 1.82) is 0 Å². The van der Waals surface area contributed by atoms with E-state index in [1.807, 2.05) is 11.8 Å². The van der Waals surface area contributed by atoms with Crippen LogP contribution in [0.25, 0.3) is 0 Å². The van der Waals surface area contributed by atoms with Gasteiger partial charge in [-0.3, -0.25) is 0 Å². The van der Waals surface area contributed by atoms with E-state index in [0.29, 0.717) is 0 Å². The minimum absolute atomic E-state index is 0.0443. The first kappa shape index (κ1) is 10.7. The second-order valence-electron chi connectivity index (χ2n) is 4.62. The minimum atomic E-state index is -0.0443. The predicted octanol–water partition coefficient (Wildman–Crippen LogP) is 4.39. The van der Waals surface area contributed by atoms with Crippen LogP contribution in [0.3, 0.4) is 0 Å². The van der Waals surface area contributed by atoms with E-state index in [1.165, 1.54) is 21.7 Å². The smallest absolute Gasteiger partial charge is 0.111 e. The molecule has 1 heterocycles. The average Bonchev–Trinajstić information content (AvgIpc) is 2.67. The lowest BCUT2D eigenvalue weighted by molar-refractivity contribution is 0.816. The first-order valence-electron chi connectivity index (χ1n) is 5.81. The Balaban J connectivity index is 1.98. The molecule has 1 N–H and O–H groups in total. The topological polar surface area (TPSA) is 12.0 Å². The minimum Gasteiger partial charge on any atom is -0.366 e. The first-order valence-corrected chi connectivity index (χ1v) is 6.62. The van der Waals surface area contributed by atoms with E-state index in [4.69, 9.17) is 0 Å². The van der Waals surface area contributed by atoms with Gasteiger partial charge in [-0.15, -0.1) is 0 Å². The Labute approximate surface area is 106 Å². The van der Waals surface area contributed by atoms with Crippen molar-refractivity contribution in [2.45, 2.75) is 23.6 Å². The van der Waals surface area contributed by atoms with Gasteiger partial charge in [-0.05, 0) is 31.5 Å². The Morgan fingerprint density at radius 3 is 2.41 bits per heavy atom. The van der Waals surface area contributed by atoms with Gasteiger partial charge in [-0.2, -0.15) is 0 Å². The van der Waals surface area contributed by atoms with Crippen LogP contribution in [-0.4, -0.2) is 0 Å². The van der Waals surface area contributed by atoms with Crippen LogP contribution in [-0.2, 0) is 4.87 Å². The molecule has 0 aromatic heterocycles. The van der Waals surface area contributed by atoms with Gasteiger partial charge in [0.15, 0.2) is 0 Å². The fourth-order valence-corrected chi connectivity index (χ4v) is 3.39. The largest absolute Gasteiger partial charge is 0.366 e. The van der Waals surface area contributed by atoms with E-state index in [0.717, 1.165) is 0 Å². The number of fused-ring (bicyclic) bond motifs is 1. The number of nitrogens with one attached hydrogen (secondary N) is 1. The maximum Gasteiger partial charge on any atom is 0.111 e. The molecule has 0 radical (unpaired) electrons. The van der Waals surface area contributed by atoms with Gasteiger partial charge in [0.2, 0.25) is 0 Å². The number of thioether (sulfide) groups is 1. The van der Waals surface area contributed by atoms with E-state index >= 15 is 0 Å². The Morgan fingerprint density at radius 1 is 1.00 bits per heavy atom. The van der Waals surface area contributed by atoms with Crippen LogP contribution in [0.15, 0.2) is 53.4 Å².